The molecule has 12 heavy (non-hydrogen) atoms. The standard InChI is InChI=1S/C8H16FNOSi/c1-5-6-12(3,4)10(2)8(11)7-9/h5H,1,6-7H2,2-4H3. The summed E-state index contributed by atoms with van der Waals surface area (Å²) >= 11 is 0. The highest BCUT2D eigenvalue weighted by molar-refractivity contribution is 6.77. The Hall–Kier alpha value is -0.643. The first kappa shape index (κ1) is 11.4. The average molecular weight is 189 g/mol. The minimum absolute atomic E-state index is 0.423. The molecule has 0 spiro atoms. The number of allylic oxidation sites excluding steroid dienone is 1. The molecule has 0 aromatic heterocycles. The number of halogens is 1. The van der Waals surface area contributed by atoms with Crippen LogP contribution in [0.5, 0.6) is 0 Å². The molecular formula is C8H16FNOSi. The van der Waals surface area contributed by atoms with Gasteiger partial charge >= 0.3 is 0 Å². The van der Waals surface area contributed by atoms with Gasteiger partial charge in [0.1, 0.15) is 0 Å². The van der Waals surface area contributed by atoms with Crippen molar-refractivity contribution in [3.63, 3.8) is 0 Å². The third kappa shape index (κ3) is 2.77. The second-order valence-electron chi connectivity index (χ2n) is 3.39. The molecule has 0 fully saturated rings. The molecule has 0 saturated carbocycles. The van der Waals surface area contributed by atoms with Crippen LogP contribution < -0.4 is 0 Å². The molecule has 0 aromatic carbocycles. The van der Waals surface area contributed by atoms with Crippen LogP contribution in [0.3, 0.4) is 0 Å². The summed E-state index contributed by atoms with van der Waals surface area (Å²) in [4.78, 5) is 11.0. The number of nitrogens with zero attached hydrogens (tertiary/aromatic N) is 1. The molecule has 0 rings (SSSR count). The summed E-state index contributed by atoms with van der Waals surface area (Å²) in [6.07, 6.45) is 1.79. The van der Waals surface area contributed by atoms with E-state index in [2.05, 4.69) is 6.58 Å². The zero-order valence-electron chi connectivity index (χ0n) is 7.93. The summed E-state index contributed by atoms with van der Waals surface area (Å²) in [6.45, 7) is 6.75. The lowest BCUT2D eigenvalue weighted by Crippen LogP contribution is -2.49. The second kappa shape index (κ2) is 4.40. The Morgan fingerprint density at radius 3 is 2.50 bits per heavy atom. The Morgan fingerprint density at radius 1 is 1.67 bits per heavy atom. The summed E-state index contributed by atoms with van der Waals surface area (Å²) in [5.41, 5.74) is 0. The fourth-order valence-electron chi connectivity index (χ4n) is 0.917. The third-order valence-corrected chi connectivity index (χ3v) is 5.39. The molecule has 0 bridgehead atoms. The summed E-state index contributed by atoms with van der Waals surface area (Å²) < 4.78 is 13.6. The highest BCUT2D eigenvalue weighted by atomic mass is 28.3. The van der Waals surface area contributed by atoms with E-state index in [1.165, 1.54) is 0 Å². The van der Waals surface area contributed by atoms with Crippen LogP contribution in [0.2, 0.25) is 19.1 Å². The maximum atomic E-state index is 12.0. The quantitative estimate of drug-likeness (QED) is 0.488. The minimum atomic E-state index is -1.77. The number of alkyl halides is 1. The molecule has 0 radical (unpaired) electrons. The molecule has 0 aliphatic heterocycles. The molecule has 0 heterocycles. The predicted octanol–water partition coefficient (Wildman–Crippen LogP) is 1.81. The van der Waals surface area contributed by atoms with Crippen molar-refractivity contribution in [2.75, 3.05) is 13.7 Å². The molecule has 0 saturated heterocycles. The van der Waals surface area contributed by atoms with Gasteiger partial charge in [0.15, 0.2) is 14.9 Å². The number of hydrogen-bond donors (Lipinski definition) is 0. The lowest BCUT2D eigenvalue weighted by Gasteiger charge is -2.32. The van der Waals surface area contributed by atoms with Gasteiger partial charge in [0.2, 0.25) is 5.91 Å². The predicted molar refractivity (Wildman–Crippen MR) is 51.2 cm³/mol. The smallest absolute Gasteiger partial charge is 0.245 e. The molecule has 0 aliphatic carbocycles. The molecule has 0 unspecified atom stereocenters. The zero-order chi connectivity index (χ0) is 9.78. The van der Waals surface area contributed by atoms with E-state index >= 15 is 0 Å². The number of hydrogen-bond acceptors (Lipinski definition) is 1. The number of carbonyl (C=O) groups excluding carboxylic acids is 1. The fraction of sp³-hybridized carbons (Fsp3) is 0.625. The van der Waals surface area contributed by atoms with Gasteiger partial charge in [-0.25, -0.2) is 4.39 Å². The monoisotopic (exact) mass is 189 g/mol. The Morgan fingerprint density at radius 2 is 2.17 bits per heavy atom. The molecule has 0 atom stereocenters. The van der Waals surface area contributed by atoms with Crippen molar-refractivity contribution in [1.29, 1.82) is 0 Å². The van der Waals surface area contributed by atoms with Gasteiger partial charge in [0, 0.05) is 7.05 Å². The maximum absolute atomic E-state index is 12.0. The van der Waals surface area contributed by atoms with Crippen molar-refractivity contribution in [2.24, 2.45) is 0 Å². The van der Waals surface area contributed by atoms with E-state index in [0.717, 1.165) is 6.04 Å². The van der Waals surface area contributed by atoms with Crippen molar-refractivity contribution < 1.29 is 9.18 Å². The van der Waals surface area contributed by atoms with Crippen molar-refractivity contribution in [2.45, 2.75) is 19.1 Å². The van der Waals surface area contributed by atoms with E-state index < -0.39 is 20.8 Å². The number of amides is 1. The Labute approximate surface area is 74.2 Å². The molecule has 2 nitrogen and oxygen atoms in total. The third-order valence-electron chi connectivity index (χ3n) is 2.04. The van der Waals surface area contributed by atoms with E-state index in [-0.39, 0.29) is 0 Å². The van der Waals surface area contributed by atoms with Crippen LogP contribution in [-0.2, 0) is 4.79 Å². The molecule has 1 amide bonds. The molecule has 0 aromatic rings. The van der Waals surface area contributed by atoms with Crippen LogP contribution in [0.15, 0.2) is 12.7 Å². The van der Waals surface area contributed by atoms with E-state index in [0.29, 0.717) is 0 Å². The normalized spacial score (nSPS) is 11.0. The lowest BCUT2D eigenvalue weighted by atomic mass is 10.7. The minimum Gasteiger partial charge on any atom is -0.370 e. The second-order valence-corrected chi connectivity index (χ2v) is 8.10. The van der Waals surface area contributed by atoms with Gasteiger partial charge in [-0.2, -0.15) is 0 Å². The van der Waals surface area contributed by atoms with Crippen LogP contribution in [0.4, 0.5) is 4.39 Å². The van der Waals surface area contributed by atoms with Crippen molar-refractivity contribution in [3.8, 4) is 0 Å². The van der Waals surface area contributed by atoms with Gasteiger partial charge in [-0.1, -0.05) is 19.2 Å². The fourth-order valence-corrected chi connectivity index (χ4v) is 2.63. The first-order valence-corrected chi connectivity index (χ1v) is 7.04. The van der Waals surface area contributed by atoms with Crippen molar-refractivity contribution >= 4 is 14.1 Å². The summed E-state index contributed by atoms with van der Waals surface area (Å²) in [7, 11) is -0.101. The largest absolute Gasteiger partial charge is 0.370 e. The van der Waals surface area contributed by atoms with Gasteiger partial charge in [-0.05, 0) is 6.04 Å². The van der Waals surface area contributed by atoms with Crippen LogP contribution in [0.1, 0.15) is 0 Å². The first-order chi connectivity index (χ1) is 5.45. The molecule has 0 aliphatic rings. The Balaban J connectivity index is 4.32. The van der Waals surface area contributed by atoms with Crippen molar-refractivity contribution in [1.82, 2.24) is 4.57 Å². The summed E-state index contributed by atoms with van der Waals surface area (Å²) in [6, 6.07) is 0.801. The summed E-state index contributed by atoms with van der Waals surface area (Å²) in [5.74, 6) is -0.423. The van der Waals surface area contributed by atoms with Crippen LogP contribution >= 0.6 is 0 Å². The van der Waals surface area contributed by atoms with E-state index in [9.17, 15) is 9.18 Å². The van der Waals surface area contributed by atoms with Crippen LogP contribution in [-0.4, -0.2) is 32.4 Å². The van der Waals surface area contributed by atoms with E-state index in [1.807, 2.05) is 13.1 Å². The first-order valence-electron chi connectivity index (χ1n) is 3.89. The zero-order valence-corrected chi connectivity index (χ0v) is 8.93. The number of carbonyl (C=O) groups is 1. The van der Waals surface area contributed by atoms with Gasteiger partial charge in [-0.3, -0.25) is 4.79 Å². The lowest BCUT2D eigenvalue weighted by molar-refractivity contribution is -0.127. The van der Waals surface area contributed by atoms with E-state index in [4.69, 9.17) is 0 Å². The van der Waals surface area contributed by atoms with Crippen LogP contribution in [0.25, 0.3) is 0 Å². The van der Waals surface area contributed by atoms with E-state index in [1.54, 1.807) is 17.7 Å². The summed E-state index contributed by atoms with van der Waals surface area (Å²) in [5, 5.41) is 0. The van der Waals surface area contributed by atoms with Crippen LogP contribution in [0, 0.1) is 0 Å². The Kier molecular flexibility index (Phi) is 4.16. The topological polar surface area (TPSA) is 20.3 Å². The Bertz CT molecular complexity index is 182. The number of rotatable bonds is 4. The SMILES string of the molecule is C=CC[Si](C)(C)N(C)C(=O)CF. The maximum Gasteiger partial charge on any atom is 0.245 e. The molecular weight excluding hydrogens is 173 g/mol. The van der Waals surface area contributed by atoms with Gasteiger partial charge in [0.25, 0.3) is 0 Å². The highest BCUT2D eigenvalue weighted by Gasteiger charge is 2.28. The molecule has 4 heteroatoms. The van der Waals surface area contributed by atoms with Gasteiger partial charge < -0.3 is 4.57 Å². The van der Waals surface area contributed by atoms with Gasteiger partial charge in [-0.15, -0.1) is 6.58 Å². The van der Waals surface area contributed by atoms with Gasteiger partial charge in [0.05, 0.1) is 0 Å². The highest BCUT2D eigenvalue weighted by Crippen LogP contribution is 2.13. The molecule has 0 N–H and O–H groups in total. The van der Waals surface area contributed by atoms with Crippen molar-refractivity contribution in [3.05, 3.63) is 12.7 Å². The average Bonchev–Trinajstić information content (AvgIpc) is 2.01. The molecule has 70 valence electrons.